The molecule has 6 unspecified atom stereocenters. The van der Waals surface area contributed by atoms with E-state index < -0.39 is 6.10 Å². The van der Waals surface area contributed by atoms with Gasteiger partial charge in [-0.25, -0.2) is 4.98 Å². The van der Waals surface area contributed by atoms with E-state index in [1.165, 1.54) is 20.5 Å². The number of amides is 1. The quantitative estimate of drug-likeness (QED) is 0.400. The first-order valence-electron chi connectivity index (χ1n) is 12.0. The van der Waals surface area contributed by atoms with E-state index in [4.69, 9.17) is 4.98 Å². The van der Waals surface area contributed by atoms with Crippen LogP contribution in [0.4, 0.5) is 0 Å². The Kier molecular flexibility index (Phi) is 7.37. The van der Waals surface area contributed by atoms with Crippen LogP contribution in [0, 0.1) is 23.2 Å². The van der Waals surface area contributed by atoms with E-state index in [0.29, 0.717) is 6.54 Å². The predicted octanol–water partition coefficient (Wildman–Crippen LogP) is 5.77. The molecule has 0 radical (unpaired) electrons. The minimum atomic E-state index is -0.494. The van der Waals surface area contributed by atoms with E-state index in [-0.39, 0.29) is 35.0 Å². The number of aromatic nitrogens is 1. The van der Waals surface area contributed by atoms with E-state index in [0.717, 1.165) is 25.0 Å². The van der Waals surface area contributed by atoms with Crippen molar-refractivity contribution in [2.24, 2.45) is 23.2 Å². The lowest BCUT2D eigenvalue weighted by Crippen LogP contribution is -2.53. The van der Waals surface area contributed by atoms with Crippen LogP contribution in [0.3, 0.4) is 0 Å². The minimum Gasteiger partial charge on any atom is -0.392 e. The van der Waals surface area contributed by atoms with Gasteiger partial charge in [-0.2, -0.15) is 0 Å². The predicted molar refractivity (Wildman–Crippen MR) is 138 cm³/mol. The number of carbonyl (C=O) groups excluding carboxylic acids is 1. The molecule has 1 N–H and O–H groups in total. The summed E-state index contributed by atoms with van der Waals surface area (Å²) in [5, 5.41) is 12.8. The molecule has 1 aromatic carbocycles. The zero-order chi connectivity index (χ0) is 23.8. The van der Waals surface area contributed by atoms with Gasteiger partial charge in [-0.15, -0.1) is 29.7 Å². The number of hydrogen-bond donors (Lipinski definition) is 1. The summed E-state index contributed by atoms with van der Waals surface area (Å²) in [7, 11) is 1.82. The Morgan fingerprint density at radius 1 is 1.42 bits per heavy atom. The number of benzene rings is 1. The van der Waals surface area contributed by atoms with Crippen LogP contribution in [0.5, 0.6) is 0 Å². The molecule has 33 heavy (non-hydrogen) atoms. The van der Waals surface area contributed by atoms with Gasteiger partial charge in [0, 0.05) is 35.2 Å². The third-order valence-corrected chi connectivity index (χ3v) is 10.2. The summed E-state index contributed by atoms with van der Waals surface area (Å²) >= 11 is 3.68. The summed E-state index contributed by atoms with van der Waals surface area (Å²) in [5.41, 5.74) is 1.22. The Bertz CT molecular complexity index is 991. The van der Waals surface area contributed by atoms with E-state index in [1.807, 2.05) is 43.1 Å². The number of rotatable bonds is 7. The molecule has 178 valence electrons. The van der Waals surface area contributed by atoms with Gasteiger partial charge < -0.3 is 10.0 Å². The van der Waals surface area contributed by atoms with Crippen LogP contribution >= 0.6 is 23.1 Å². The second kappa shape index (κ2) is 9.93. The van der Waals surface area contributed by atoms with Gasteiger partial charge in [-0.05, 0) is 48.6 Å². The highest BCUT2D eigenvalue weighted by Crippen LogP contribution is 2.57. The van der Waals surface area contributed by atoms with Crippen LogP contribution < -0.4 is 0 Å². The molecule has 4 nitrogen and oxygen atoms in total. The first-order chi connectivity index (χ1) is 15.7. The molecule has 4 rings (SSSR count). The van der Waals surface area contributed by atoms with Crippen LogP contribution in [0.2, 0.25) is 0 Å². The van der Waals surface area contributed by atoms with Crippen molar-refractivity contribution >= 4 is 29.0 Å². The Balaban J connectivity index is 1.52. The molecule has 1 saturated carbocycles. The fraction of sp³-hybridized carbons (Fsp3) is 0.556. The van der Waals surface area contributed by atoms with Crippen molar-refractivity contribution in [2.45, 2.75) is 62.7 Å². The second-order valence-corrected chi connectivity index (χ2v) is 12.4. The van der Waals surface area contributed by atoms with Crippen molar-refractivity contribution in [3.05, 3.63) is 58.6 Å². The van der Waals surface area contributed by atoms with Gasteiger partial charge in [0.15, 0.2) is 0 Å². The maximum atomic E-state index is 12.9. The monoisotopic (exact) mass is 484 g/mol. The van der Waals surface area contributed by atoms with E-state index >= 15 is 0 Å². The van der Waals surface area contributed by atoms with Crippen molar-refractivity contribution < 1.29 is 9.90 Å². The van der Waals surface area contributed by atoms with Gasteiger partial charge in [0.1, 0.15) is 5.01 Å². The third kappa shape index (κ3) is 4.80. The lowest BCUT2D eigenvalue weighted by molar-refractivity contribution is -0.143. The van der Waals surface area contributed by atoms with E-state index in [9.17, 15) is 9.90 Å². The van der Waals surface area contributed by atoms with Crippen molar-refractivity contribution in [1.82, 2.24) is 9.88 Å². The molecule has 1 aromatic heterocycles. The fourth-order valence-electron chi connectivity index (χ4n) is 6.13. The number of carbonyl (C=O) groups is 1. The van der Waals surface area contributed by atoms with Gasteiger partial charge in [-0.1, -0.05) is 45.0 Å². The van der Waals surface area contributed by atoms with Gasteiger partial charge in [0.2, 0.25) is 5.91 Å². The zero-order valence-electron chi connectivity index (χ0n) is 20.2. The zero-order valence-corrected chi connectivity index (χ0v) is 21.8. The molecule has 2 aliphatic rings. The number of likely N-dealkylation sites (N-methyl/N-ethyl adjacent to an activating group) is 1. The van der Waals surface area contributed by atoms with Crippen LogP contribution in [-0.4, -0.2) is 40.6 Å². The average Bonchev–Trinajstić information content (AvgIpc) is 3.20. The lowest BCUT2D eigenvalue weighted by atomic mass is 9.53. The molecule has 0 aliphatic heterocycles. The molecular weight excluding hydrogens is 448 g/mol. The topological polar surface area (TPSA) is 53.4 Å². The summed E-state index contributed by atoms with van der Waals surface area (Å²) in [6.45, 7) is 10.8. The average molecular weight is 485 g/mol. The second-order valence-electron chi connectivity index (χ2n) is 10.2. The molecule has 2 aliphatic carbocycles. The van der Waals surface area contributed by atoms with E-state index in [1.54, 1.807) is 11.0 Å². The Hall–Kier alpha value is -1.63. The SMILES string of the molecule is C=CCN(C)C(=O)C(C)C1CCC2(C)Cc3sc(CSc4ccccc4)nc3C(C)C2C1O. The maximum Gasteiger partial charge on any atom is 0.225 e. The van der Waals surface area contributed by atoms with E-state index in [2.05, 4.69) is 44.7 Å². The highest BCUT2D eigenvalue weighted by atomic mass is 32.2. The standard InChI is InChI=1S/C27H36N2O2S2/c1-6-14-29(5)26(31)17(2)20-12-13-27(4)15-21-24(18(3)23(27)25(20)30)28-22(33-21)16-32-19-10-8-7-9-11-19/h6-11,17-18,20,23,25,30H,1,12-16H2,2-5H3. The lowest BCUT2D eigenvalue weighted by Gasteiger charge is -2.53. The van der Waals surface area contributed by atoms with Crippen molar-refractivity contribution in [3.8, 4) is 0 Å². The molecule has 6 heteroatoms. The number of thiazole rings is 1. The summed E-state index contributed by atoms with van der Waals surface area (Å²) in [4.78, 5) is 22.4. The van der Waals surface area contributed by atoms with Crippen molar-refractivity contribution in [2.75, 3.05) is 13.6 Å². The van der Waals surface area contributed by atoms with Crippen molar-refractivity contribution in [3.63, 3.8) is 0 Å². The van der Waals surface area contributed by atoms with Crippen LogP contribution in [-0.2, 0) is 17.0 Å². The van der Waals surface area contributed by atoms with Crippen LogP contribution in [0.15, 0.2) is 47.9 Å². The summed E-state index contributed by atoms with van der Waals surface area (Å²) in [6, 6.07) is 10.5. The molecule has 0 saturated heterocycles. The van der Waals surface area contributed by atoms with Crippen LogP contribution in [0.1, 0.15) is 55.1 Å². The molecule has 1 heterocycles. The van der Waals surface area contributed by atoms with Crippen molar-refractivity contribution in [1.29, 1.82) is 0 Å². The number of thioether (sulfide) groups is 1. The van der Waals surface area contributed by atoms with Gasteiger partial charge in [-0.3, -0.25) is 4.79 Å². The largest absolute Gasteiger partial charge is 0.392 e. The minimum absolute atomic E-state index is 0.0152. The molecule has 1 fully saturated rings. The molecular formula is C27H36N2O2S2. The number of aliphatic hydroxyl groups excluding tert-OH is 1. The highest BCUT2D eigenvalue weighted by molar-refractivity contribution is 7.98. The molecule has 2 aromatic rings. The first kappa shape index (κ1) is 24.5. The molecule has 1 amide bonds. The smallest absolute Gasteiger partial charge is 0.225 e. The van der Waals surface area contributed by atoms with Crippen LogP contribution in [0.25, 0.3) is 0 Å². The molecule has 0 bridgehead atoms. The molecule has 6 atom stereocenters. The Morgan fingerprint density at radius 2 is 2.15 bits per heavy atom. The number of hydrogen-bond acceptors (Lipinski definition) is 5. The number of nitrogens with zero attached hydrogens (tertiary/aromatic N) is 2. The third-order valence-electron chi connectivity index (χ3n) is 7.88. The first-order valence-corrected chi connectivity index (χ1v) is 13.8. The van der Waals surface area contributed by atoms with Gasteiger partial charge >= 0.3 is 0 Å². The fourth-order valence-corrected chi connectivity index (χ4v) is 8.42. The number of fused-ring (bicyclic) bond motifs is 2. The Labute approximate surface area is 206 Å². The normalized spacial score (nSPS) is 29.6. The summed E-state index contributed by atoms with van der Waals surface area (Å²) < 4.78 is 0. The Morgan fingerprint density at radius 3 is 2.85 bits per heavy atom. The summed E-state index contributed by atoms with van der Waals surface area (Å²) in [6.07, 6.45) is 4.16. The maximum absolute atomic E-state index is 12.9. The number of aliphatic hydroxyl groups is 1. The van der Waals surface area contributed by atoms with Gasteiger partial charge in [0.25, 0.3) is 0 Å². The van der Waals surface area contributed by atoms with Gasteiger partial charge in [0.05, 0.1) is 17.6 Å². The molecule has 0 spiro atoms. The summed E-state index contributed by atoms with van der Waals surface area (Å²) in [5.74, 6) is 1.08. The highest BCUT2D eigenvalue weighted by Gasteiger charge is 2.54.